The third kappa shape index (κ3) is 2.51. The van der Waals surface area contributed by atoms with E-state index in [-0.39, 0.29) is 5.82 Å². The van der Waals surface area contributed by atoms with E-state index in [0.29, 0.717) is 0 Å². The minimum absolute atomic E-state index is 0.236. The maximum atomic E-state index is 12.7. The van der Waals surface area contributed by atoms with E-state index in [0.717, 1.165) is 17.1 Å². The molecule has 0 atom stereocenters. The van der Waals surface area contributed by atoms with E-state index in [1.807, 2.05) is 24.3 Å². The third-order valence-electron chi connectivity index (χ3n) is 2.22. The van der Waals surface area contributed by atoms with Gasteiger partial charge in [0.15, 0.2) is 0 Å². The van der Waals surface area contributed by atoms with Gasteiger partial charge < -0.3 is 10.1 Å². The molecule has 82 valence electrons. The topological polar surface area (TPSA) is 21.3 Å². The molecule has 2 nitrogen and oxygen atoms in total. The summed E-state index contributed by atoms with van der Waals surface area (Å²) in [6, 6.07) is 13.8. The molecule has 0 spiro atoms. The zero-order valence-corrected chi connectivity index (χ0v) is 8.91. The van der Waals surface area contributed by atoms with Crippen LogP contribution in [0.3, 0.4) is 0 Å². The van der Waals surface area contributed by atoms with Gasteiger partial charge in [0.05, 0.1) is 7.11 Å². The molecular formula is C13H12FNO. The molecule has 0 aliphatic heterocycles. The highest BCUT2D eigenvalue weighted by atomic mass is 19.1. The largest absolute Gasteiger partial charge is 0.497 e. The van der Waals surface area contributed by atoms with Gasteiger partial charge in [0.1, 0.15) is 11.6 Å². The van der Waals surface area contributed by atoms with Crippen molar-refractivity contribution >= 4 is 11.4 Å². The van der Waals surface area contributed by atoms with E-state index in [4.69, 9.17) is 4.74 Å². The minimum Gasteiger partial charge on any atom is -0.497 e. The first-order valence-electron chi connectivity index (χ1n) is 4.94. The number of ether oxygens (including phenoxy) is 1. The summed E-state index contributed by atoms with van der Waals surface area (Å²) in [6.45, 7) is 0. The second-order valence-electron chi connectivity index (χ2n) is 3.36. The lowest BCUT2D eigenvalue weighted by molar-refractivity contribution is 0.415. The van der Waals surface area contributed by atoms with Crippen LogP contribution >= 0.6 is 0 Å². The average molecular weight is 217 g/mol. The van der Waals surface area contributed by atoms with Crippen molar-refractivity contribution in [3.8, 4) is 5.75 Å². The quantitative estimate of drug-likeness (QED) is 0.848. The number of rotatable bonds is 3. The molecule has 0 aliphatic carbocycles. The predicted molar refractivity (Wildman–Crippen MR) is 62.7 cm³/mol. The normalized spacial score (nSPS) is 9.88. The third-order valence-corrected chi connectivity index (χ3v) is 2.22. The summed E-state index contributed by atoms with van der Waals surface area (Å²) in [5.74, 6) is 0.574. The maximum absolute atomic E-state index is 12.7. The zero-order chi connectivity index (χ0) is 11.4. The Kier molecular flexibility index (Phi) is 3.05. The molecule has 0 aromatic heterocycles. The van der Waals surface area contributed by atoms with Gasteiger partial charge in [0, 0.05) is 11.4 Å². The zero-order valence-electron chi connectivity index (χ0n) is 8.91. The molecule has 0 amide bonds. The van der Waals surface area contributed by atoms with Crippen molar-refractivity contribution in [2.24, 2.45) is 0 Å². The number of halogens is 1. The summed E-state index contributed by atoms with van der Waals surface area (Å²) in [6.07, 6.45) is 0. The van der Waals surface area contributed by atoms with E-state index >= 15 is 0 Å². The molecule has 3 heteroatoms. The second-order valence-corrected chi connectivity index (χ2v) is 3.36. The van der Waals surface area contributed by atoms with Crippen LogP contribution in [0.1, 0.15) is 0 Å². The number of hydrogen-bond acceptors (Lipinski definition) is 2. The predicted octanol–water partition coefficient (Wildman–Crippen LogP) is 3.58. The molecule has 0 aliphatic rings. The van der Waals surface area contributed by atoms with Crippen molar-refractivity contribution in [1.82, 2.24) is 0 Å². The molecule has 0 unspecified atom stereocenters. The molecule has 1 N–H and O–H groups in total. The van der Waals surface area contributed by atoms with Crippen LogP contribution in [-0.2, 0) is 0 Å². The first kappa shape index (κ1) is 10.5. The number of nitrogens with one attached hydrogen (secondary N) is 1. The van der Waals surface area contributed by atoms with Crippen LogP contribution < -0.4 is 10.1 Å². The van der Waals surface area contributed by atoms with E-state index < -0.39 is 0 Å². The van der Waals surface area contributed by atoms with Gasteiger partial charge >= 0.3 is 0 Å². The van der Waals surface area contributed by atoms with Crippen molar-refractivity contribution in [2.75, 3.05) is 12.4 Å². The Morgan fingerprint density at radius 2 is 1.38 bits per heavy atom. The molecule has 2 aromatic rings. The van der Waals surface area contributed by atoms with Gasteiger partial charge in [-0.2, -0.15) is 0 Å². The molecule has 0 fully saturated rings. The van der Waals surface area contributed by atoms with Crippen LogP contribution in [-0.4, -0.2) is 7.11 Å². The van der Waals surface area contributed by atoms with Crippen LogP contribution in [0.2, 0.25) is 0 Å². The van der Waals surface area contributed by atoms with Crippen LogP contribution in [0.4, 0.5) is 15.8 Å². The van der Waals surface area contributed by atoms with Crippen LogP contribution in [0.25, 0.3) is 0 Å². The summed E-state index contributed by atoms with van der Waals surface area (Å²) in [5, 5.41) is 3.16. The molecule has 0 radical (unpaired) electrons. The van der Waals surface area contributed by atoms with Gasteiger partial charge in [-0.1, -0.05) is 0 Å². The SMILES string of the molecule is COc1ccc(Nc2ccc(F)cc2)cc1. The molecule has 2 rings (SSSR count). The van der Waals surface area contributed by atoms with Crippen molar-refractivity contribution in [2.45, 2.75) is 0 Å². The number of methoxy groups -OCH3 is 1. The average Bonchev–Trinajstić information content (AvgIpc) is 2.33. The molecule has 0 bridgehead atoms. The van der Waals surface area contributed by atoms with Crippen molar-refractivity contribution in [1.29, 1.82) is 0 Å². The monoisotopic (exact) mass is 217 g/mol. The van der Waals surface area contributed by atoms with Crippen molar-refractivity contribution in [3.05, 3.63) is 54.3 Å². The molecule has 0 saturated carbocycles. The molecule has 2 aromatic carbocycles. The van der Waals surface area contributed by atoms with Gasteiger partial charge in [-0.15, -0.1) is 0 Å². The van der Waals surface area contributed by atoms with Crippen molar-refractivity contribution in [3.63, 3.8) is 0 Å². The number of anilines is 2. The lowest BCUT2D eigenvalue weighted by Gasteiger charge is -2.07. The van der Waals surface area contributed by atoms with Gasteiger partial charge in [-0.25, -0.2) is 4.39 Å². The fourth-order valence-electron chi connectivity index (χ4n) is 1.37. The van der Waals surface area contributed by atoms with Gasteiger partial charge in [-0.05, 0) is 48.5 Å². The lowest BCUT2D eigenvalue weighted by atomic mass is 10.2. The Morgan fingerprint density at radius 3 is 1.88 bits per heavy atom. The van der Waals surface area contributed by atoms with E-state index in [9.17, 15) is 4.39 Å². The highest BCUT2D eigenvalue weighted by Crippen LogP contribution is 2.19. The van der Waals surface area contributed by atoms with Crippen molar-refractivity contribution < 1.29 is 9.13 Å². The Balaban J connectivity index is 2.11. The van der Waals surface area contributed by atoms with Crippen LogP contribution in [0.5, 0.6) is 5.75 Å². The fraction of sp³-hybridized carbons (Fsp3) is 0.0769. The Labute approximate surface area is 93.7 Å². The maximum Gasteiger partial charge on any atom is 0.123 e. The molecular weight excluding hydrogens is 205 g/mol. The fourth-order valence-corrected chi connectivity index (χ4v) is 1.37. The van der Waals surface area contributed by atoms with Gasteiger partial charge in [0.25, 0.3) is 0 Å². The first-order chi connectivity index (χ1) is 7.78. The Hall–Kier alpha value is -2.03. The number of benzene rings is 2. The standard InChI is InChI=1S/C13H12FNO/c1-16-13-8-6-12(7-9-13)15-11-4-2-10(14)3-5-11/h2-9,15H,1H3. The Bertz CT molecular complexity index is 450. The smallest absolute Gasteiger partial charge is 0.123 e. The van der Waals surface area contributed by atoms with Crippen LogP contribution in [0, 0.1) is 5.82 Å². The van der Waals surface area contributed by atoms with E-state index in [2.05, 4.69) is 5.32 Å². The summed E-state index contributed by atoms with van der Waals surface area (Å²) in [7, 11) is 1.63. The molecule has 0 heterocycles. The minimum atomic E-state index is -0.236. The number of hydrogen-bond donors (Lipinski definition) is 1. The Morgan fingerprint density at radius 1 is 0.875 bits per heavy atom. The summed E-state index contributed by atoms with van der Waals surface area (Å²) < 4.78 is 17.7. The first-order valence-corrected chi connectivity index (χ1v) is 4.94. The lowest BCUT2D eigenvalue weighted by Crippen LogP contribution is -1.90. The van der Waals surface area contributed by atoms with E-state index in [1.165, 1.54) is 12.1 Å². The van der Waals surface area contributed by atoms with E-state index in [1.54, 1.807) is 19.2 Å². The second kappa shape index (κ2) is 4.66. The van der Waals surface area contributed by atoms with Crippen LogP contribution in [0.15, 0.2) is 48.5 Å². The highest BCUT2D eigenvalue weighted by molar-refractivity contribution is 5.60. The van der Waals surface area contributed by atoms with Gasteiger partial charge in [-0.3, -0.25) is 0 Å². The molecule has 16 heavy (non-hydrogen) atoms. The summed E-state index contributed by atoms with van der Waals surface area (Å²) >= 11 is 0. The molecule has 0 saturated heterocycles. The highest BCUT2D eigenvalue weighted by Gasteiger charge is 1.96. The summed E-state index contributed by atoms with van der Waals surface area (Å²) in [4.78, 5) is 0. The summed E-state index contributed by atoms with van der Waals surface area (Å²) in [5.41, 5.74) is 1.79. The van der Waals surface area contributed by atoms with Gasteiger partial charge in [0.2, 0.25) is 0 Å².